The molecule has 0 aliphatic carbocycles. The van der Waals surface area contributed by atoms with Gasteiger partial charge in [-0.2, -0.15) is 0 Å². The van der Waals surface area contributed by atoms with E-state index in [1.807, 2.05) is 24.4 Å². The van der Waals surface area contributed by atoms with Crippen LogP contribution in [-0.2, 0) is 6.61 Å². The lowest BCUT2D eigenvalue weighted by molar-refractivity contribution is 0.305. The minimum Gasteiger partial charge on any atom is -0.486 e. The molecule has 2 rings (SSSR count). The number of aromatic nitrogens is 1. The van der Waals surface area contributed by atoms with Gasteiger partial charge in [-0.3, -0.25) is 0 Å². The maximum absolute atomic E-state index is 5.71. The summed E-state index contributed by atoms with van der Waals surface area (Å²) in [4.78, 5) is 4.36. The molecule has 0 amide bonds. The number of ether oxygens (including phenoxy) is 1. The van der Waals surface area contributed by atoms with Crippen molar-refractivity contribution in [2.24, 2.45) is 0 Å². The van der Waals surface area contributed by atoms with Crippen LogP contribution < -0.4 is 4.74 Å². The molecule has 1 aromatic carbocycles. The monoisotopic (exact) mass is 233 g/mol. The van der Waals surface area contributed by atoms with Crippen molar-refractivity contribution < 1.29 is 4.74 Å². The number of benzene rings is 1. The quantitative estimate of drug-likeness (QED) is 0.807. The van der Waals surface area contributed by atoms with Crippen molar-refractivity contribution in [3.8, 4) is 5.75 Å². The van der Waals surface area contributed by atoms with Crippen LogP contribution in [0.4, 0.5) is 0 Å². The standard InChI is InChI=1S/C13H15NOS/c1-9-4-10(2)6-12(5-9)15-7-13-14-11(3)8-16-13/h4-6,8H,7H2,1-3H3. The average Bonchev–Trinajstić information content (AvgIpc) is 2.60. The fourth-order valence-electron chi connectivity index (χ4n) is 1.63. The van der Waals surface area contributed by atoms with Gasteiger partial charge in [0.25, 0.3) is 0 Å². The van der Waals surface area contributed by atoms with Gasteiger partial charge in [-0.15, -0.1) is 11.3 Å². The maximum Gasteiger partial charge on any atom is 0.140 e. The van der Waals surface area contributed by atoms with Gasteiger partial charge in [0, 0.05) is 11.1 Å². The van der Waals surface area contributed by atoms with Crippen molar-refractivity contribution in [2.45, 2.75) is 27.4 Å². The molecular formula is C13H15NOS. The van der Waals surface area contributed by atoms with Gasteiger partial charge in [-0.25, -0.2) is 4.98 Å². The van der Waals surface area contributed by atoms with E-state index in [1.54, 1.807) is 11.3 Å². The molecular weight excluding hydrogens is 218 g/mol. The number of rotatable bonds is 3. The summed E-state index contributed by atoms with van der Waals surface area (Å²) in [6, 6.07) is 6.24. The third-order valence-electron chi connectivity index (χ3n) is 2.22. The zero-order valence-corrected chi connectivity index (χ0v) is 10.6. The van der Waals surface area contributed by atoms with E-state index in [2.05, 4.69) is 24.9 Å². The number of hydrogen-bond acceptors (Lipinski definition) is 3. The molecule has 0 N–H and O–H groups in total. The van der Waals surface area contributed by atoms with Crippen LogP contribution in [-0.4, -0.2) is 4.98 Å². The average molecular weight is 233 g/mol. The summed E-state index contributed by atoms with van der Waals surface area (Å²) in [6.07, 6.45) is 0. The van der Waals surface area contributed by atoms with Crippen LogP contribution in [0.2, 0.25) is 0 Å². The molecule has 0 bridgehead atoms. The van der Waals surface area contributed by atoms with Crippen LogP contribution in [0.25, 0.3) is 0 Å². The second kappa shape index (κ2) is 4.66. The molecule has 0 spiro atoms. The predicted octanol–water partition coefficient (Wildman–Crippen LogP) is 3.65. The molecule has 2 aromatic rings. The van der Waals surface area contributed by atoms with Crippen molar-refractivity contribution >= 4 is 11.3 Å². The minimum absolute atomic E-state index is 0.557. The first kappa shape index (κ1) is 11.1. The van der Waals surface area contributed by atoms with Gasteiger partial charge in [0.2, 0.25) is 0 Å². The minimum atomic E-state index is 0.557. The highest BCUT2D eigenvalue weighted by molar-refractivity contribution is 7.09. The molecule has 0 atom stereocenters. The summed E-state index contributed by atoms with van der Waals surface area (Å²) in [5, 5.41) is 3.07. The van der Waals surface area contributed by atoms with Crippen LogP contribution in [0.15, 0.2) is 23.6 Å². The normalized spacial score (nSPS) is 10.4. The number of aryl methyl sites for hydroxylation is 3. The maximum atomic E-state index is 5.71. The first-order chi connectivity index (χ1) is 7.63. The van der Waals surface area contributed by atoms with E-state index in [1.165, 1.54) is 11.1 Å². The van der Waals surface area contributed by atoms with Crippen LogP contribution in [0.5, 0.6) is 5.75 Å². The number of thiazole rings is 1. The Labute approximate surface area is 99.9 Å². The number of hydrogen-bond donors (Lipinski definition) is 0. The molecule has 1 aromatic heterocycles. The molecule has 84 valence electrons. The van der Waals surface area contributed by atoms with E-state index < -0.39 is 0 Å². The zero-order chi connectivity index (χ0) is 11.5. The van der Waals surface area contributed by atoms with E-state index in [4.69, 9.17) is 4.74 Å². The smallest absolute Gasteiger partial charge is 0.140 e. The van der Waals surface area contributed by atoms with Crippen LogP contribution in [0.3, 0.4) is 0 Å². The predicted molar refractivity (Wildman–Crippen MR) is 67.1 cm³/mol. The molecule has 16 heavy (non-hydrogen) atoms. The van der Waals surface area contributed by atoms with Gasteiger partial charge < -0.3 is 4.74 Å². The third-order valence-corrected chi connectivity index (χ3v) is 3.16. The lowest BCUT2D eigenvalue weighted by atomic mass is 10.1. The van der Waals surface area contributed by atoms with Crippen molar-refractivity contribution in [3.05, 3.63) is 45.4 Å². The fraction of sp³-hybridized carbons (Fsp3) is 0.308. The Morgan fingerprint density at radius 3 is 2.38 bits per heavy atom. The lowest BCUT2D eigenvalue weighted by Crippen LogP contribution is -1.95. The lowest BCUT2D eigenvalue weighted by Gasteiger charge is -2.06. The van der Waals surface area contributed by atoms with Crippen LogP contribution in [0.1, 0.15) is 21.8 Å². The molecule has 0 fully saturated rings. The Kier molecular flexibility index (Phi) is 3.25. The highest BCUT2D eigenvalue weighted by atomic mass is 32.1. The van der Waals surface area contributed by atoms with Crippen molar-refractivity contribution in [3.63, 3.8) is 0 Å². The first-order valence-electron chi connectivity index (χ1n) is 5.25. The molecule has 1 heterocycles. The Balaban J connectivity index is 2.04. The highest BCUT2D eigenvalue weighted by Crippen LogP contribution is 2.18. The van der Waals surface area contributed by atoms with Crippen LogP contribution >= 0.6 is 11.3 Å². The molecule has 3 heteroatoms. The van der Waals surface area contributed by atoms with Crippen LogP contribution in [0, 0.1) is 20.8 Å². The van der Waals surface area contributed by atoms with Gasteiger partial charge >= 0.3 is 0 Å². The Hall–Kier alpha value is -1.35. The van der Waals surface area contributed by atoms with Crippen molar-refractivity contribution in [2.75, 3.05) is 0 Å². The molecule has 0 radical (unpaired) electrons. The summed E-state index contributed by atoms with van der Waals surface area (Å²) >= 11 is 1.64. The molecule has 0 saturated carbocycles. The summed E-state index contributed by atoms with van der Waals surface area (Å²) < 4.78 is 5.71. The van der Waals surface area contributed by atoms with Gasteiger partial charge in [0.1, 0.15) is 17.4 Å². The van der Waals surface area contributed by atoms with E-state index in [0.29, 0.717) is 6.61 Å². The largest absolute Gasteiger partial charge is 0.486 e. The van der Waals surface area contributed by atoms with E-state index in [-0.39, 0.29) is 0 Å². The first-order valence-corrected chi connectivity index (χ1v) is 6.13. The second-order valence-electron chi connectivity index (χ2n) is 3.99. The van der Waals surface area contributed by atoms with E-state index >= 15 is 0 Å². The number of nitrogens with zero attached hydrogens (tertiary/aromatic N) is 1. The fourth-order valence-corrected chi connectivity index (χ4v) is 2.31. The second-order valence-corrected chi connectivity index (χ2v) is 4.94. The Morgan fingerprint density at radius 1 is 1.12 bits per heavy atom. The van der Waals surface area contributed by atoms with Gasteiger partial charge in [-0.1, -0.05) is 6.07 Å². The highest BCUT2D eigenvalue weighted by Gasteiger charge is 2.01. The topological polar surface area (TPSA) is 22.1 Å². The SMILES string of the molecule is Cc1cc(C)cc(OCc2nc(C)cs2)c1. The zero-order valence-electron chi connectivity index (χ0n) is 9.78. The van der Waals surface area contributed by atoms with Gasteiger partial charge in [0.15, 0.2) is 0 Å². The molecule has 0 saturated heterocycles. The summed E-state index contributed by atoms with van der Waals surface area (Å²) in [5.74, 6) is 0.922. The summed E-state index contributed by atoms with van der Waals surface area (Å²) in [6.45, 7) is 6.71. The van der Waals surface area contributed by atoms with Crippen molar-refractivity contribution in [1.82, 2.24) is 4.98 Å². The third kappa shape index (κ3) is 2.83. The Morgan fingerprint density at radius 2 is 1.81 bits per heavy atom. The summed E-state index contributed by atoms with van der Waals surface area (Å²) in [5.41, 5.74) is 3.51. The molecule has 0 aliphatic heterocycles. The molecule has 0 aliphatic rings. The van der Waals surface area contributed by atoms with E-state index in [0.717, 1.165) is 16.5 Å². The Bertz CT molecular complexity index is 470. The molecule has 0 unspecified atom stereocenters. The van der Waals surface area contributed by atoms with Gasteiger partial charge in [0.05, 0.1) is 0 Å². The van der Waals surface area contributed by atoms with Crippen molar-refractivity contribution in [1.29, 1.82) is 0 Å². The van der Waals surface area contributed by atoms with Gasteiger partial charge in [-0.05, 0) is 44.0 Å². The van der Waals surface area contributed by atoms with E-state index in [9.17, 15) is 0 Å². The molecule has 2 nitrogen and oxygen atoms in total. The summed E-state index contributed by atoms with van der Waals surface area (Å²) in [7, 11) is 0.